The summed E-state index contributed by atoms with van der Waals surface area (Å²) in [5, 5.41) is 0. The second kappa shape index (κ2) is 9.01. The molecule has 0 radical (unpaired) electrons. The zero-order valence-corrected chi connectivity index (χ0v) is 16.2. The molecule has 0 aromatic heterocycles. The van der Waals surface area contributed by atoms with Crippen molar-refractivity contribution >= 4 is 5.76 Å². The Kier molecular flexibility index (Phi) is 6.46. The van der Waals surface area contributed by atoms with Crippen LogP contribution in [0.2, 0.25) is 0 Å². The lowest BCUT2D eigenvalue weighted by Crippen LogP contribution is -2.36. The van der Waals surface area contributed by atoms with Gasteiger partial charge in [0, 0.05) is 30.8 Å². The summed E-state index contributed by atoms with van der Waals surface area (Å²) in [4.78, 5) is 2.30. The molecule has 0 spiro atoms. The van der Waals surface area contributed by atoms with Crippen molar-refractivity contribution in [1.29, 1.82) is 0 Å². The summed E-state index contributed by atoms with van der Waals surface area (Å²) >= 11 is 0. The van der Waals surface area contributed by atoms with Crippen molar-refractivity contribution < 1.29 is 9.13 Å². The van der Waals surface area contributed by atoms with E-state index in [0.29, 0.717) is 6.54 Å². The molecule has 1 aliphatic heterocycles. The summed E-state index contributed by atoms with van der Waals surface area (Å²) in [7, 11) is 0. The fourth-order valence-electron chi connectivity index (χ4n) is 3.48. The summed E-state index contributed by atoms with van der Waals surface area (Å²) < 4.78 is 20.3. The molecule has 2 aromatic carbocycles. The van der Waals surface area contributed by atoms with Gasteiger partial charge in [-0.25, -0.2) is 4.39 Å². The van der Waals surface area contributed by atoms with Gasteiger partial charge < -0.3 is 4.74 Å². The summed E-state index contributed by atoms with van der Waals surface area (Å²) in [5.41, 5.74) is 4.06. The molecule has 0 unspecified atom stereocenters. The van der Waals surface area contributed by atoms with Crippen LogP contribution < -0.4 is 0 Å². The maximum absolute atomic E-state index is 13.9. The van der Waals surface area contributed by atoms with Crippen LogP contribution in [0.4, 0.5) is 4.39 Å². The van der Waals surface area contributed by atoms with Crippen LogP contribution in [0.15, 0.2) is 66.8 Å². The molecule has 0 saturated carbocycles. The minimum atomic E-state index is -0.123. The number of benzene rings is 2. The van der Waals surface area contributed by atoms with E-state index >= 15 is 0 Å². The zero-order chi connectivity index (χ0) is 19.2. The van der Waals surface area contributed by atoms with E-state index in [4.69, 9.17) is 4.74 Å². The highest BCUT2D eigenvalue weighted by Gasteiger charge is 2.22. The highest BCUT2D eigenvalue weighted by Crippen LogP contribution is 2.27. The summed E-state index contributed by atoms with van der Waals surface area (Å²) in [6.45, 7) is 10.6. The molecule has 1 aliphatic rings. The second-order valence-corrected chi connectivity index (χ2v) is 7.35. The average molecular weight is 365 g/mol. The van der Waals surface area contributed by atoms with E-state index in [1.54, 1.807) is 6.07 Å². The Labute approximate surface area is 162 Å². The van der Waals surface area contributed by atoms with Crippen LogP contribution in [-0.4, -0.2) is 24.1 Å². The van der Waals surface area contributed by atoms with Crippen molar-refractivity contribution in [2.75, 3.05) is 13.1 Å². The Bertz CT molecular complexity index is 819. The Hall–Kier alpha value is -2.39. The molecule has 0 atom stereocenters. The number of allylic oxidation sites excluding steroid dienone is 2. The van der Waals surface area contributed by atoms with E-state index in [9.17, 15) is 4.39 Å². The van der Waals surface area contributed by atoms with Gasteiger partial charge in [-0.15, -0.1) is 0 Å². The van der Waals surface area contributed by atoms with Crippen LogP contribution in [0.3, 0.4) is 0 Å². The zero-order valence-electron chi connectivity index (χ0n) is 16.2. The fourth-order valence-corrected chi connectivity index (χ4v) is 3.48. The van der Waals surface area contributed by atoms with E-state index in [0.717, 1.165) is 48.4 Å². The lowest BCUT2D eigenvalue weighted by Gasteiger charge is -2.33. The van der Waals surface area contributed by atoms with Crippen molar-refractivity contribution in [3.8, 4) is 0 Å². The molecule has 0 amide bonds. The van der Waals surface area contributed by atoms with Gasteiger partial charge in [0.25, 0.3) is 0 Å². The molecule has 1 heterocycles. The Morgan fingerprint density at radius 3 is 2.48 bits per heavy atom. The number of ether oxygens (including phenoxy) is 1. The third-order valence-corrected chi connectivity index (χ3v) is 4.97. The van der Waals surface area contributed by atoms with Crippen LogP contribution in [0.1, 0.15) is 36.5 Å². The molecule has 0 bridgehead atoms. The number of piperidine rings is 1. The van der Waals surface area contributed by atoms with Crippen LogP contribution in [0, 0.1) is 12.7 Å². The average Bonchev–Trinajstić information content (AvgIpc) is 2.65. The van der Waals surface area contributed by atoms with Crippen LogP contribution in [0.5, 0.6) is 0 Å². The predicted octanol–water partition coefficient (Wildman–Crippen LogP) is 5.73. The van der Waals surface area contributed by atoms with Crippen molar-refractivity contribution in [3.63, 3.8) is 0 Å². The number of hydrogen-bond donors (Lipinski definition) is 0. The summed E-state index contributed by atoms with van der Waals surface area (Å²) in [5.74, 6) is 0.773. The largest absolute Gasteiger partial charge is 0.490 e. The molecule has 27 heavy (non-hydrogen) atoms. The molecule has 0 N–H and O–H groups in total. The SMILES string of the molecule is C=C(C)/C=C(/OC1CCN(Cc2ccccc2F)CC1)c1ccccc1C. The lowest BCUT2D eigenvalue weighted by atomic mass is 10.0. The van der Waals surface area contributed by atoms with Crippen molar-refractivity contribution in [2.24, 2.45) is 0 Å². The molecule has 1 saturated heterocycles. The van der Waals surface area contributed by atoms with E-state index in [2.05, 4.69) is 30.5 Å². The van der Waals surface area contributed by atoms with Gasteiger partial charge >= 0.3 is 0 Å². The number of aryl methyl sites for hydroxylation is 1. The molecule has 142 valence electrons. The number of likely N-dealkylation sites (tertiary alicyclic amines) is 1. The molecule has 2 aromatic rings. The van der Waals surface area contributed by atoms with Gasteiger partial charge in [-0.2, -0.15) is 0 Å². The van der Waals surface area contributed by atoms with Gasteiger partial charge in [0.05, 0.1) is 0 Å². The summed E-state index contributed by atoms with van der Waals surface area (Å²) in [6.07, 6.45) is 4.07. The van der Waals surface area contributed by atoms with Crippen LogP contribution in [0.25, 0.3) is 5.76 Å². The van der Waals surface area contributed by atoms with Crippen LogP contribution >= 0.6 is 0 Å². The van der Waals surface area contributed by atoms with E-state index < -0.39 is 0 Å². The quantitative estimate of drug-likeness (QED) is 0.479. The van der Waals surface area contributed by atoms with E-state index in [-0.39, 0.29) is 11.9 Å². The highest BCUT2D eigenvalue weighted by atomic mass is 19.1. The first-order valence-corrected chi connectivity index (χ1v) is 9.58. The first-order valence-electron chi connectivity index (χ1n) is 9.58. The molecule has 3 rings (SSSR count). The molecule has 1 fully saturated rings. The summed E-state index contributed by atoms with van der Waals surface area (Å²) in [6, 6.07) is 15.3. The number of hydrogen-bond acceptors (Lipinski definition) is 2. The molecule has 3 heteroatoms. The maximum Gasteiger partial charge on any atom is 0.127 e. The monoisotopic (exact) mass is 365 g/mol. The normalized spacial score (nSPS) is 16.3. The molecule has 2 nitrogen and oxygen atoms in total. The van der Waals surface area contributed by atoms with Gasteiger partial charge in [0.2, 0.25) is 0 Å². The van der Waals surface area contributed by atoms with E-state index in [1.807, 2.05) is 37.3 Å². The number of nitrogens with zero attached hydrogens (tertiary/aromatic N) is 1. The first-order chi connectivity index (χ1) is 13.0. The standard InChI is InChI=1S/C24H28FNO/c1-18(2)16-24(22-10-6-4-8-19(22)3)27-21-12-14-26(15-13-21)17-20-9-5-7-11-23(20)25/h4-11,16,21H,1,12-15,17H2,2-3H3/b24-16+. The van der Waals surface area contributed by atoms with Crippen molar-refractivity contribution in [1.82, 2.24) is 4.90 Å². The third kappa shape index (κ3) is 5.30. The maximum atomic E-state index is 13.9. The minimum Gasteiger partial charge on any atom is -0.490 e. The second-order valence-electron chi connectivity index (χ2n) is 7.35. The molecular weight excluding hydrogens is 337 g/mol. The van der Waals surface area contributed by atoms with E-state index in [1.165, 1.54) is 11.6 Å². The predicted molar refractivity (Wildman–Crippen MR) is 110 cm³/mol. The number of halogens is 1. The fraction of sp³-hybridized carbons (Fsp3) is 0.333. The van der Waals surface area contributed by atoms with Crippen LogP contribution in [-0.2, 0) is 11.3 Å². The third-order valence-electron chi connectivity index (χ3n) is 4.97. The van der Waals surface area contributed by atoms with Gasteiger partial charge in [0.1, 0.15) is 17.7 Å². The van der Waals surface area contributed by atoms with Crippen molar-refractivity contribution in [2.45, 2.75) is 39.3 Å². The van der Waals surface area contributed by atoms with Gasteiger partial charge in [-0.05, 0) is 44.4 Å². The smallest absolute Gasteiger partial charge is 0.127 e. The Balaban J connectivity index is 1.62. The topological polar surface area (TPSA) is 12.5 Å². The van der Waals surface area contributed by atoms with Gasteiger partial charge in [-0.1, -0.05) is 54.6 Å². The lowest BCUT2D eigenvalue weighted by molar-refractivity contribution is 0.0766. The highest BCUT2D eigenvalue weighted by molar-refractivity contribution is 5.65. The minimum absolute atomic E-state index is 0.123. The van der Waals surface area contributed by atoms with Gasteiger partial charge in [0.15, 0.2) is 0 Å². The Morgan fingerprint density at radius 2 is 1.81 bits per heavy atom. The van der Waals surface area contributed by atoms with Gasteiger partial charge in [-0.3, -0.25) is 4.90 Å². The number of rotatable bonds is 6. The first kappa shape index (κ1) is 19.4. The molecular formula is C24H28FNO. The molecule has 0 aliphatic carbocycles. The Morgan fingerprint density at radius 1 is 1.15 bits per heavy atom. The van der Waals surface area contributed by atoms with Crippen molar-refractivity contribution in [3.05, 3.63) is 89.3 Å².